The van der Waals surface area contributed by atoms with Gasteiger partial charge in [0.25, 0.3) is 0 Å². The molecule has 1 aromatic carbocycles. The molecule has 4 nitrogen and oxygen atoms in total. The number of rotatable bonds is 6. The van der Waals surface area contributed by atoms with Crippen LogP contribution in [-0.4, -0.2) is 22.0 Å². The molecule has 0 aliphatic rings. The first-order valence-electron chi connectivity index (χ1n) is 5.79. The zero-order chi connectivity index (χ0) is 13.8. The highest BCUT2D eigenvalue weighted by molar-refractivity contribution is 9.10. The van der Waals surface area contributed by atoms with Crippen LogP contribution in [0, 0.1) is 5.92 Å². The van der Waals surface area contributed by atoms with Crippen molar-refractivity contribution in [2.45, 2.75) is 25.3 Å². The summed E-state index contributed by atoms with van der Waals surface area (Å²) in [6.07, 6.45) is 0. The third-order valence-corrected chi connectivity index (χ3v) is 4.77. The molecule has 0 spiro atoms. The molecule has 1 rings (SSSR count). The molecule has 0 atom stereocenters. The lowest BCUT2D eigenvalue weighted by Gasteiger charge is -2.11. The zero-order valence-electron chi connectivity index (χ0n) is 10.8. The van der Waals surface area contributed by atoms with Gasteiger partial charge in [0.2, 0.25) is 10.0 Å². The van der Waals surface area contributed by atoms with E-state index in [1.165, 1.54) is 0 Å². The number of nitrogens with one attached hydrogen (secondary N) is 2. The van der Waals surface area contributed by atoms with Gasteiger partial charge in [-0.1, -0.05) is 19.9 Å². The van der Waals surface area contributed by atoms with E-state index in [0.717, 1.165) is 5.56 Å². The molecule has 0 saturated heterocycles. The third-order valence-electron chi connectivity index (χ3n) is 2.35. The van der Waals surface area contributed by atoms with Crippen LogP contribution in [0.25, 0.3) is 0 Å². The molecule has 0 aromatic heterocycles. The van der Waals surface area contributed by atoms with Crippen LogP contribution in [0.2, 0.25) is 0 Å². The second kappa shape index (κ2) is 6.65. The monoisotopic (exact) mass is 334 g/mol. The largest absolute Gasteiger partial charge is 0.316 e. The highest BCUT2D eigenvalue weighted by Gasteiger charge is 2.18. The number of hydrogen-bond acceptors (Lipinski definition) is 3. The second-order valence-corrected chi connectivity index (χ2v) is 7.13. The van der Waals surface area contributed by atoms with Crippen molar-refractivity contribution in [2.24, 2.45) is 5.92 Å². The van der Waals surface area contributed by atoms with Gasteiger partial charge < -0.3 is 5.32 Å². The van der Waals surface area contributed by atoms with E-state index in [1.807, 2.05) is 27.0 Å². The topological polar surface area (TPSA) is 58.2 Å². The lowest BCUT2D eigenvalue weighted by atomic mass is 10.2. The maximum absolute atomic E-state index is 12.2. The SMILES string of the molecule is CNCc1ccc(Br)c(S(=O)(=O)NCC(C)C)c1. The summed E-state index contributed by atoms with van der Waals surface area (Å²) >= 11 is 3.28. The lowest BCUT2D eigenvalue weighted by molar-refractivity contribution is 0.559. The van der Waals surface area contributed by atoms with E-state index in [2.05, 4.69) is 26.0 Å². The van der Waals surface area contributed by atoms with Crippen molar-refractivity contribution in [3.05, 3.63) is 28.2 Å². The van der Waals surface area contributed by atoms with Crippen molar-refractivity contribution in [3.63, 3.8) is 0 Å². The van der Waals surface area contributed by atoms with Crippen molar-refractivity contribution < 1.29 is 8.42 Å². The Morgan fingerprint density at radius 3 is 2.56 bits per heavy atom. The second-order valence-electron chi connectivity index (χ2n) is 4.54. The first-order chi connectivity index (χ1) is 8.36. The van der Waals surface area contributed by atoms with Gasteiger partial charge in [0.05, 0.1) is 4.90 Å². The van der Waals surface area contributed by atoms with Crippen LogP contribution in [0.4, 0.5) is 0 Å². The fourth-order valence-electron chi connectivity index (χ4n) is 1.42. The van der Waals surface area contributed by atoms with Gasteiger partial charge >= 0.3 is 0 Å². The average Bonchev–Trinajstić information content (AvgIpc) is 2.29. The van der Waals surface area contributed by atoms with E-state index in [0.29, 0.717) is 17.6 Å². The molecule has 0 fully saturated rings. The number of halogens is 1. The first kappa shape index (κ1) is 15.6. The molecular weight excluding hydrogens is 316 g/mol. The third kappa shape index (κ3) is 4.35. The van der Waals surface area contributed by atoms with Crippen LogP contribution >= 0.6 is 15.9 Å². The van der Waals surface area contributed by atoms with Crippen LogP contribution < -0.4 is 10.0 Å². The molecule has 0 saturated carbocycles. The summed E-state index contributed by atoms with van der Waals surface area (Å²) in [5.74, 6) is 0.277. The summed E-state index contributed by atoms with van der Waals surface area (Å²) in [6.45, 7) is 5.01. The van der Waals surface area contributed by atoms with Crippen LogP contribution in [0.1, 0.15) is 19.4 Å². The van der Waals surface area contributed by atoms with E-state index < -0.39 is 10.0 Å². The maximum atomic E-state index is 12.2. The van der Waals surface area contributed by atoms with Crippen LogP contribution in [-0.2, 0) is 16.6 Å². The van der Waals surface area contributed by atoms with E-state index in [4.69, 9.17) is 0 Å². The van der Waals surface area contributed by atoms with E-state index in [1.54, 1.807) is 12.1 Å². The van der Waals surface area contributed by atoms with Gasteiger partial charge in [-0.3, -0.25) is 0 Å². The van der Waals surface area contributed by atoms with Gasteiger partial charge in [-0.2, -0.15) is 0 Å². The molecule has 0 radical (unpaired) electrons. The predicted molar refractivity (Wildman–Crippen MR) is 76.9 cm³/mol. The number of benzene rings is 1. The van der Waals surface area contributed by atoms with Crippen LogP contribution in [0.15, 0.2) is 27.6 Å². The predicted octanol–water partition coefficient (Wildman–Crippen LogP) is 2.10. The van der Waals surface area contributed by atoms with Crippen LogP contribution in [0.5, 0.6) is 0 Å². The molecular formula is C12H19BrN2O2S. The normalized spacial score (nSPS) is 12.1. The Kier molecular flexibility index (Phi) is 5.78. The Morgan fingerprint density at radius 1 is 1.33 bits per heavy atom. The van der Waals surface area contributed by atoms with E-state index in [-0.39, 0.29) is 10.8 Å². The van der Waals surface area contributed by atoms with Crippen LogP contribution in [0.3, 0.4) is 0 Å². The molecule has 102 valence electrons. The van der Waals surface area contributed by atoms with E-state index >= 15 is 0 Å². The quantitative estimate of drug-likeness (QED) is 0.837. The van der Waals surface area contributed by atoms with Crippen molar-refractivity contribution >= 4 is 26.0 Å². The minimum absolute atomic E-state index is 0.277. The van der Waals surface area contributed by atoms with Crippen molar-refractivity contribution in [2.75, 3.05) is 13.6 Å². The first-order valence-corrected chi connectivity index (χ1v) is 8.07. The van der Waals surface area contributed by atoms with E-state index in [9.17, 15) is 8.42 Å². The molecule has 18 heavy (non-hydrogen) atoms. The summed E-state index contributed by atoms with van der Waals surface area (Å²) in [7, 11) is -1.62. The Labute approximate surface area is 117 Å². The highest BCUT2D eigenvalue weighted by atomic mass is 79.9. The van der Waals surface area contributed by atoms with Gasteiger partial charge in [-0.25, -0.2) is 13.1 Å². The minimum Gasteiger partial charge on any atom is -0.316 e. The Hall–Kier alpha value is -0.430. The summed E-state index contributed by atoms with van der Waals surface area (Å²) in [5, 5.41) is 3.00. The highest BCUT2D eigenvalue weighted by Crippen LogP contribution is 2.23. The maximum Gasteiger partial charge on any atom is 0.241 e. The Balaban J connectivity index is 3.03. The van der Waals surface area contributed by atoms with Crippen molar-refractivity contribution in [3.8, 4) is 0 Å². The Morgan fingerprint density at radius 2 is 2.00 bits per heavy atom. The summed E-state index contributed by atoms with van der Waals surface area (Å²) < 4.78 is 27.5. The fraction of sp³-hybridized carbons (Fsp3) is 0.500. The molecule has 6 heteroatoms. The molecule has 0 heterocycles. The molecule has 0 aliphatic carbocycles. The van der Waals surface area contributed by atoms with Gasteiger partial charge in [-0.05, 0) is 46.6 Å². The lowest BCUT2D eigenvalue weighted by Crippen LogP contribution is -2.28. The molecule has 0 unspecified atom stereocenters. The number of hydrogen-bond donors (Lipinski definition) is 2. The summed E-state index contributed by atoms with van der Waals surface area (Å²) in [5.41, 5.74) is 0.936. The standard InChI is InChI=1S/C12H19BrN2O2S/c1-9(2)7-15-18(16,17)12-6-10(8-14-3)4-5-11(12)13/h4-6,9,14-15H,7-8H2,1-3H3. The zero-order valence-corrected chi connectivity index (χ0v) is 13.2. The van der Waals surface area contributed by atoms with Gasteiger partial charge in [0.15, 0.2) is 0 Å². The Bertz CT molecular complexity index is 501. The van der Waals surface area contributed by atoms with Gasteiger partial charge in [0, 0.05) is 17.6 Å². The average molecular weight is 335 g/mol. The molecule has 0 aliphatic heterocycles. The van der Waals surface area contributed by atoms with Gasteiger partial charge in [-0.15, -0.1) is 0 Å². The molecule has 0 bridgehead atoms. The molecule has 1 aromatic rings. The van der Waals surface area contributed by atoms with Gasteiger partial charge in [0.1, 0.15) is 0 Å². The molecule has 0 amide bonds. The number of sulfonamides is 1. The minimum atomic E-state index is -3.45. The summed E-state index contributed by atoms with van der Waals surface area (Å²) in [4.78, 5) is 0.288. The molecule has 2 N–H and O–H groups in total. The fourth-order valence-corrected chi connectivity index (χ4v) is 3.65. The van der Waals surface area contributed by atoms with Crippen molar-refractivity contribution in [1.29, 1.82) is 0 Å². The smallest absolute Gasteiger partial charge is 0.241 e. The summed E-state index contributed by atoms with van der Waals surface area (Å²) in [6, 6.07) is 5.34. The van der Waals surface area contributed by atoms with Crippen molar-refractivity contribution in [1.82, 2.24) is 10.0 Å².